The Morgan fingerprint density at radius 3 is 2.30 bits per heavy atom. The fraction of sp³-hybridized carbons (Fsp3) is 0. The molecule has 11 heteroatoms. The summed E-state index contributed by atoms with van der Waals surface area (Å²) in [5.74, 6) is -1.82. The lowest BCUT2D eigenvalue weighted by Crippen LogP contribution is -2.32. The van der Waals surface area contributed by atoms with E-state index in [9.17, 15) is 24.5 Å². The number of benzene rings is 3. The molecule has 0 saturated carbocycles. The average molecular weight is 531 g/mol. The number of hydrogen-bond acceptors (Lipinski definition) is 7. The van der Waals surface area contributed by atoms with Gasteiger partial charge in [-0.15, -0.1) is 11.3 Å². The third-order valence-corrected chi connectivity index (χ3v) is 6.86. The molecule has 0 bridgehead atoms. The molecule has 5 rings (SSSR count). The highest BCUT2D eigenvalue weighted by molar-refractivity contribution is 7.07. The Morgan fingerprint density at radius 1 is 0.973 bits per heavy atom. The second-order valence-electron chi connectivity index (χ2n) is 7.91. The van der Waals surface area contributed by atoms with Crippen molar-refractivity contribution in [1.82, 2.24) is 4.57 Å². The summed E-state index contributed by atoms with van der Waals surface area (Å²) in [5, 5.41) is 12.8. The number of thiazole rings is 1. The van der Waals surface area contributed by atoms with Gasteiger partial charge < -0.3 is 5.73 Å². The third kappa shape index (κ3) is 4.18. The third-order valence-electron chi connectivity index (χ3n) is 5.72. The molecule has 1 aliphatic carbocycles. The number of Topliss-reactive ketones (excluding diaryl/α,β-unsaturated/α-hetero) is 2. The van der Waals surface area contributed by atoms with Gasteiger partial charge in [-0.2, -0.15) is 4.99 Å². The molecule has 0 radical (unpaired) electrons. The number of rotatable bonds is 4. The standard InChI is InChI=1S/C26H15ClN4O5S/c27-18-11-10-15(12-19(18)31(35)36)25(34)29-26-30(20(13-37-26)14-6-2-1-3-7-14)22-21(28)23(32)16-8-4-5-9-17(16)24(22)33/h1-13H,28H2. The normalized spacial score (nSPS) is 13.6. The Labute approximate surface area is 217 Å². The van der Waals surface area contributed by atoms with E-state index in [0.717, 1.165) is 17.4 Å². The molecule has 0 unspecified atom stereocenters. The van der Waals surface area contributed by atoms with Gasteiger partial charge in [0.2, 0.25) is 11.6 Å². The van der Waals surface area contributed by atoms with E-state index in [1.807, 2.05) is 6.07 Å². The Morgan fingerprint density at radius 2 is 1.62 bits per heavy atom. The van der Waals surface area contributed by atoms with E-state index in [0.29, 0.717) is 11.3 Å². The molecule has 0 saturated heterocycles. The molecule has 37 heavy (non-hydrogen) atoms. The first kappa shape index (κ1) is 24.0. The first-order valence-corrected chi connectivity index (χ1v) is 12.0. The quantitative estimate of drug-likeness (QED) is 0.299. The van der Waals surface area contributed by atoms with Crippen molar-refractivity contribution in [2.45, 2.75) is 0 Å². The maximum absolute atomic E-state index is 13.6. The number of carbonyl (C=O) groups is 3. The lowest BCUT2D eigenvalue weighted by atomic mass is 9.90. The number of amides is 1. The summed E-state index contributed by atoms with van der Waals surface area (Å²) < 4.78 is 1.38. The van der Waals surface area contributed by atoms with E-state index >= 15 is 0 Å². The van der Waals surface area contributed by atoms with E-state index in [2.05, 4.69) is 4.99 Å². The van der Waals surface area contributed by atoms with Crippen molar-refractivity contribution in [2.75, 3.05) is 0 Å². The van der Waals surface area contributed by atoms with Gasteiger partial charge in [0.15, 0.2) is 4.80 Å². The van der Waals surface area contributed by atoms with Gasteiger partial charge in [-0.1, -0.05) is 66.2 Å². The predicted octanol–water partition coefficient (Wildman–Crippen LogP) is 4.73. The molecule has 182 valence electrons. The number of nitrogens with zero attached hydrogens (tertiary/aromatic N) is 3. The van der Waals surface area contributed by atoms with Crippen LogP contribution in [0.2, 0.25) is 5.02 Å². The number of fused-ring (bicyclic) bond motifs is 1. The number of nitro groups is 1. The number of carbonyl (C=O) groups excluding carboxylic acids is 3. The summed E-state index contributed by atoms with van der Waals surface area (Å²) in [5.41, 5.74) is 6.84. The fourth-order valence-corrected chi connectivity index (χ4v) is 5.03. The lowest BCUT2D eigenvalue weighted by Gasteiger charge is -2.20. The minimum Gasteiger partial charge on any atom is -0.394 e. The molecule has 0 atom stereocenters. The first-order chi connectivity index (χ1) is 17.8. The highest BCUT2D eigenvalue weighted by Crippen LogP contribution is 2.31. The SMILES string of the molecule is NC1=C(n2c(-c3ccccc3)csc2=NC(=O)c2ccc(Cl)c([N+](=O)[O-])c2)C(=O)c2ccccc2C1=O. The zero-order valence-corrected chi connectivity index (χ0v) is 20.3. The van der Waals surface area contributed by atoms with Gasteiger partial charge in [-0.25, -0.2) is 0 Å². The van der Waals surface area contributed by atoms with E-state index in [4.69, 9.17) is 17.3 Å². The molecule has 1 aromatic heterocycles. The summed E-state index contributed by atoms with van der Waals surface area (Å²) in [6.45, 7) is 0. The van der Waals surface area contributed by atoms with Crippen LogP contribution in [-0.2, 0) is 0 Å². The summed E-state index contributed by atoms with van der Waals surface area (Å²) in [4.78, 5) is 54.5. The van der Waals surface area contributed by atoms with Crippen LogP contribution in [-0.4, -0.2) is 27.0 Å². The molecule has 4 aromatic rings. The minimum atomic E-state index is -0.802. The van der Waals surface area contributed by atoms with E-state index in [1.165, 1.54) is 28.8 Å². The van der Waals surface area contributed by atoms with Crippen LogP contribution in [0, 0.1) is 10.1 Å². The monoisotopic (exact) mass is 530 g/mol. The van der Waals surface area contributed by atoms with Crippen LogP contribution in [0.3, 0.4) is 0 Å². The second-order valence-corrected chi connectivity index (χ2v) is 9.16. The highest BCUT2D eigenvalue weighted by atomic mass is 35.5. The predicted molar refractivity (Wildman–Crippen MR) is 138 cm³/mol. The van der Waals surface area contributed by atoms with E-state index in [-0.39, 0.29) is 37.9 Å². The van der Waals surface area contributed by atoms with Gasteiger partial charge in [0, 0.05) is 28.1 Å². The molecule has 9 nitrogen and oxygen atoms in total. The Hall–Kier alpha value is -4.67. The van der Waals surface area contributed by atoms with Gasteiger partial charge in [0.1, 0.15) is 16.4 Å². The van der Waals surface area contributed by atoms with Crippen molar-refractivity contribution in [3.8, 4) is 11.3 Å². The van der Waals surface area contributed by atoms with Gasteiger partial charge in [-0.05, 0) is 17.7 Å². The largest absolute Gasteiger partial charge is 0.394 e. The van der Waals surface area contributed by atoms with E-state index < -0.39 is 28.1 Å². The fourth-order valence-electron chi connectivity index (χ4n) is 3.96. The van der Waals surface area contributed by atoms with Crippen LogP contribution >= 0.6 is 22.9 Å². The number of nitro benzene ring substituents is 1. The minimum absolute atomic E-state index is 0.0555. The second kappa shape index (κ2) is 9.41. The summed E-state index contributed by atoms with van der Waals surface area (Å²) >= 11 is 6.92. The van der Waals surface area contributed by atoms with E-state index in [1.54, 1.807) is 41.8 Å². The van der Waals surface area contributed by atoms with Crippen LogP contribution in [0.25, 0.3) is 17.0 Å². The first-order valence-electron chi connectivity index (χ1n) is 10.8. The Balaban J connectivity index is 1.74. The number of hydrogen-bond donors (Lipinski definition) is 1. The van der Waals surface area contributed by atoms with Gasteiger partial charge >= 0.3 is 0 Å². The molecular weight excluding hydrogens is 516 g/mol. The zero-order valence-electron chi connectivity index (χ0n) is 18.8. The topological polar surface area (TPSA) is 138 Å². The Kier molecular flexibility index (Phi) is 6.12. The van der Waals surface area contributed by atoms with Crippen molar-refractivity contribution in [3.05, 3.63) is 121 Å². The van der Waals surface area contributed by atoms with Gasteiger partial charge in [0.25, 0.3) is 11.6 Å². The van der Waals surface area contributed by atoms with Crippen LogP contribution in [0.1, 0.15) is 31.1 Å². The molecule has 1 amide bonds. The molecule has 2 N–H and O–H groups in total. The van der Waals surface area contributed by atoms with Gasteiger partial charge in [-0.3, -0.25) is 29.1 Å². The molecule has 1 heterocycles. The summed E-state index contributed by atoms with van der Waals surface area (Å²) in [6.07, 6.45) is 0. The van der Waals surface area contributed by atoms with Crippen LogP contribution < -0.4 is 10.5 Å². The maximum atomic E-state index is 13.6. The molecule has 1 aliphatic rings. The number of ketones is 2. The summed E-state index contributed by atoms with van der Waals surface area (Å²) in [6, 6.07) is 18.9. The number of nitrogens with two attached hydrogens (primary N) is 1. The molecule has 3 aromatic carbocycles. The smallest absolute Gasteiger partial charge is 0.288 e. The molecule has 0 aliphatic heterocycles. The highest BCUT2D eigenvalue weighted by Gasteiger charge is 2.33. The van der Waals surface area contributed by atoms with Gasteiger partial charge in [0.05, 0.1) is 10.6 Å². The summed E-state index contributed by atoms with van der Waals surface area (Å²) in [7, 11) is 0. The number of aromatic nitrogens is 1. The van der Waals surface area contributed by atoms with Crippen molar-refractivity contribution < 1.29 is 19.3 Å². The van der Waals surface area contributed by atoms with Crippen LogP contribution in [0.5, 0.6) is 0 Å². The number of allylic oxidation sites excluding steroid dienone is 2. The lowest BCUT2D eigenvalue weighted by molar-refractivity contribution is -0.384. The van der Waals surface area contributed by atoms with Crippen LogP contribution in [0.4, 0.5) is 5.69 Å². The Bertz CT molecular complexity index is 1740. The molecule has 0 fully saturated rings. The maximum Gasteiger partial charge on any atom is 0.288 e. The molecule has 0 spiro atoms. The zero-order chi connectivity index (χ0) is 26.3. The van der Waals surface area contributed by atoms with Crippen molar-refractivity contribution in [2.24, 2.45) is 10.7 Å². The van der Waals surface area contributed by atoms with Crippen molar-refractivity contribution >= 4 is 51.8 Å². The van der Waals surface area contributed by atoms with Crippen LogP contribution in [0.15, 0.2) is 88.9 Å². The van der Waals surface area contributed by atoms with Crippen molar-refractivity contribution in [1.29, 1.82) is 0 Å². The average Bonchev–Trinajstić information content (AvgIpc) is 3.31. The molecular formula is C26H15ClN4O5S. The van der Waals surface area contributed by atoms with Crippen molar-refractivity contribution in [3.63, 3.8) is 0 Å². The number of halogens is 1.